The maximum atomic E-state index is 12.3. The number of ether oxygens (including phenoxy) is 3. The van der Waals surface area contributed by atoms with Crippen LogP contribution >= 0.6 is 11.8 Å². The number of rotatable bonds is 9. The molecule has 0 unspecified atom stereocenters. The summed E-state index contributed by atoms with van der Waals surface area (Å²) in [6.07, 6.45) is 0. The molecule has 33 heavy (non-hydrogen) atoms. The van der Waals surface area contributed by atoms with Crippen molar-refractivity contribution < 1.29 is 19.0 Å². The Bertz CT molecular complexity index is 1190. The standard InChI is InChI=1S/C25H23N3O4S/c1-30-21-12-8-19(9-13-21)24-26-27-25(28(24)20-10-14-22(31-2)15-11-20)33-17-23(29)32-16-18-6-4-3-5-7-18/h3-15H,16-17H2,1-2H3. The first-order valence-corrected chi connectivity index (χ1v) is 11.2. The Morgan fingerprint density at radius 3 is 2.12 bits per heavy atom. The number of hydrogen-bond donors (Lipinski definition) is 0. The lowest BCUT2D eigenvalue weighted by Crippen LogP contribution is -2.08. The van der Waals surface area contributed by atoms with Crippen molar-refractivity contribution in [2.75, 3.05) is 20.0 Å². The van der Waals surface area contributed by atoms with Crippen LogP contribution in [0.1, 0.15) is 5.56 Å². The Hall–Kier alpha value is -3.78. The van der Waals surface area contributed by atoms with E-state index in [9.17, 15) is 4.79 Å². The quantitative estimate of drug-likeness (QED) is 0.262. The van der Waals surface area contributed by atoms with Gasteiger partial charge in [-0.2, -0.15) is 0 Å². The predicted octanol–water partition coefficient (Wildman–Crippen LogP) is 4.79. The molecule has 0 atom stereocenters. The van der Waals surface area contributed by atoms with Crippen molar-refractivity contribution in [3.05, 3.63) is 84.4 Å². The minimum Gasteiger partial charge on any atom is -0.497 e. The van der Waals surface area contributed by atoms with Crippen molar-refractivity contribution in [3.8, 4) is 28.6 Å². The molecule has 4 rings (SSSR count). The van der Waals surface area contributed by atoms with E-state index in [0.717, 1.165) is 28.3 Å². The number of thioether (sulfide) groups is 1. The van der Waals surface area contributed by atoms with Gasteiger partial charge in [0.05, 0.1) is 20.0 Å². The fourth-order valence-corrected chi connectivity index (χ4v) is 3.91. The van der Waals surface area contributed by atoms with Crippen LogP contribution in [0.25, 0.3) is 17.1 Å². The summed E-state index contributed by atoms with van der Waals surface area (Å²) >= 11 is 1.28. The number of esters is 1. The van der Waals surface area contributed by atoms with Crippen molar-refractivity contribution in [1.29, 1.82) is 0 Å². The molecule has 4 aromatic rings. The first kappa shape index (κ1) is 22.4. The van der Waals surface area contributed by atoms with Gasteiger partial charge in [0.15, 0.2) is 11.0 Å². The zero-order valence-electron chi connectivity index (χ0n) is 18.3. The minimum atomic E-state index is -0.320. The lowest BCUT2D eigenvalue weighted by molar-refractivity contribution is -0.141. The predicted molar refractivity (Wildman–Crippen MR) is 127 cm³/mol. The minimum absolute atomic E-state index is 0.115. The topological polar surface area (TPSA) is 75.5 Å². The molecule has 1 heterocycles. The van der Waals surface area contributed by atoms with Crippen LogP contribution in [-0.4, -0.2) is 40.7 Å². The molecule has 8 heteroatoms. The van der Waals surface area contributed by atoms with E-state index in [1.54, 1.807) is 14.2 Å². The van der Waals surface area contributed by atoms with Crippen LogP contribution < -0.4 is 9.47 Å². The van der Waals surface area contributed by atoms with Gasteiger partial charge in [-0.05, 0) is 54.1 Å². The molecule has 168 valence electrons. The number of aromatic nitrogens is 3. The van der Waals surface area contributed by atoms with Crippen molar-refractivity contribution in [2.24, 2.45) is 0 Å². The highest BCUT2D eigenvalue weighted by atomic mass is 32.2. The molecule has 1 aromatic heterocycles. The third kappa shape index (κ3) is 5.53. The fourth-order valence-electron chi connectivity index (χ4n) is 3.16. The van der Waals surface area contributed by atoms with Gasteiger partial charge in [0.1, 0.15) is 18.1 Å². The number of benzene rings is 3. The molecular weight excluding hydrogens is 438 g/mol. The van der Waals surface area contributed by atoms with Gasteiger partial charge in [0.2, 0.25) is 0 Å². The number of hydrogen-bond acceptors (Lipinski definition) is 7. The van der Waals surface area contributed by atoms with E-state index in [2.05, 4.69) is 10.2 Å². The lowest BCUT2D eigenvalue weighted by Gasteiger charge is -2.11. The average Bonchev–Trinajstić information content (AvgIpc) is 3.31. The second kappa shape index (κ2) is 10.7. The summed E-state index contributed by atoms with van der Waals surface area (Å²) in [6.45, 7) is 0.239. The maximum absolute atomic E-state index is 12.3. The molecule has 0 fully saturated rings. The normalized spacial score (nSPS) is 10.6. The third-order valence-electron chi connectivity index (χ3n) is 4.87. The monoisotopic (exact) mass is 461 g/mol. The Labute approximate surface area is 196 Å². The highest BCUT2D eigenvalue weighted by Crippen LogP contribution is 2.30. The first-order valence-electron chi connectivity index (χ1n) is 10.2. The van der Waals surface area contributed by atoms with Gasteiger partial charge in [-0.1, -0.05) is 42.1 Å². The van der Waals surface area contributed by atoms with Crippen LogP contribution in [0, 0.1) is 0 Å². The third-order valence-corrected chi connectivity index (χ3v) is 5.78. The van der Waals surface area contributed by atoms with Gasteiger partial charge in [-0.25, -0.2) is 0 Å². The summed E-state index contributed by atoms with van der Waals surface area (Å²) in [7, 11) is 3.25. The van der Waals surface area contributed by atoms with Crippen molar-refractivity contribution in [3.63, 3.8) is 0 Å². The van der Waals surface area contributed by atoms with E-state index in [-0.39, 0.29) is 18.3 Å². The van der Waals surface area contributed by atoms with E-state index < -0.39 is 0 Å². The molecular formula is C25H23N3O4S. The lowest BCUT2D eigenvalue weighted by atomic mass is 10.2. The van der Waals surface area contributed by atoms with Gasteiger partial charge in [-0.3, -0.25) is 9.36 Å². The van der Waals surface area contributed by atoms with E-state index in [1.807, 2.05) is 83.4 Å². The highest BCUT2D eigenvalue weighted by Gasteiger charge is 2.18. The van der Waals surface area contributed by atoms with E-state index in [0.29, 0.717) is 11.0 Å². The Morgan fingerprint density at radius 1 is 0.848 bits per heavy atom. The zero-order valence-corrected chi connectivity index (χ0v) is 19.1. The Kier molecular flexibility index (Phi) is 7.26. The summed E-state index contributed by atoms with van der Waals surface area (Å²) < 4.78 is 17.8. The summed E-state index contributed by atoms with van der Waals surface area (Å²) in [5, 5.41) is 9.34. The molecule has 0 aliphatic carbocycles. The average molecular weight is 462 g/mol. The molecule has 7 nitrogen and oxygen atoms in total. The number of carbonyl (C=O) groups is 1. The van der Waals surface area contributed by atoms with E-state index in [4.69, 9.17) is 14.2 Å². The molecule has 0 saturated carbocycles. The molecule has 0 saturated heterocycles. The summed E-state index contributed by atoms with van der Waals surface area (Å²) in [5.41, 5.74) is 2.67. The summed E-state index contributed by atoms with van der Waals surface area (Å²) in [5.74, 6) is 1.95. The summed E-state index contributed by atoms with van der Waals surface area (Å²) in [4.78, 5) is 12.3. The molecule has 0 radical (unpaired) electrons. The van der Waals surface area contributed by atoms with Gasteiger partial charge < -0.3 is 14.2 Å². The largest absolute Gasteiger partial charge is 0.497 e. The van der Waals surface area contributed by atoms with Crippen LogP contribution in [0.5, 0.6) is 11.5 Å². The van der Waals surface area contributed by atoms with Gasteiger partial charge in [-0.15, -0.1) is 10.2 Å². The molecule has 0 spiro atoms. The van der Waals surface area contributed by atoms with E-state index in [1.165, 1.54) is 11.8 Å². The first-order chi connectivity index (χ1) is 16.2. The van der Waals surface area contributed by atoms with Crippen molar-refractivity contribution in [2.45, 2.75) is 11.8 Å². The number of carbonyl (C=O) groups excluding carboxylic acids is 1. The van der Waals surface area contributed by atoms with Crippen LogP contribution in [0.4, 0.5) is 0 Å². The Morgan fingerprint density at radius 2 is 1.48 bits per heavy atom. The second-order valence-corrected chi connectivity index (χ2v) is 7.95. The molecule has 0 aliphatic heterocycles. The zero-order chi connectivity index (χ0) is 23.0. The van der Waals surface area contributed by atoms with Gasteiger partial charge in [0, 0.05) is 11.3 Å². The molecule has 0 bridgehead atoms. The van der Waals surface area contributed by atoms with Gasteiger partial charge in [0.25, 0.3) is 0 Å². The van der Waals surface area contributed by atoms with Crippen molar-refractivity contribution in [1.82, 2.24) is 14.8 Å². The second-order valence-electron chi connectivity index (χ2n) is 7.00. The molecule has 3 aromatic carbocycles. The number of nitrogens with zero attached hydrogens (tertiary/aromatic N) is 3. The Balaban J connectivity index is 1.56. The van der Waals surface area contributed by atoms with Gasteiger partial charge >= 0.3 is 5.97 Å². The molecule has 0 N–H and O–H groups in total. The maximum Gasteiger partial charge on any atom is 0.316 e. The van der Waals surface area contributed by atoms with E-state index >= 15 is 0 Å². The van der Waals surface area contributed by atoms with Crippen LogP contribution in [0.2, 0.25) is 0 Å². The van der Waals surface area contributed by atoms with Crippen LogP contribution in [0.15, 0.2) is 84.0 Å². The molecule has 0 aliphatic rings. The number of methoxy groups -OCH3 is 2. The smallest absolute Gasteiger partial charge is 0.316 e. The SMILES string of the molecule is COc1ccc(-c2nnc(SCC(=O)OCc3ccccc3)n2-c2ccc(OC)cc2)cc1. The van der Waals surface area contributed by atoms with Crippen LogP contribution in [-0.2, 0) is 16.1 Å². The van der Waals surface area contributed by atoms with Crippen molar-refractivity contribution >= 4 is 17.7 Å². The molecule has 0 amide bonds. The van der Waals surface area contributed by atoms with Crippen LogP contribution in [0.3, 0.4) is 0 Å². The highest BCUT2D eigenvalue weighted by molar-refractivity contribution is 7.99. The summed E-state index contributed by atoms with van der Waals surface area (Å²) in [6, 6.07) is 24.8. The fraction of sp³-hybridized carbons (Fsp3) is 0.160.